The van der Waals surface area contributed by atoms with Gasteiger partial charge >= 0.3 is 0 Å². The molecule has 0 aliphatic heterocycles. The minimum absolute atomic E-state index is 0.0401. The molecule has 0 aromatic heterocycles. The van der Waals surface area contributed by atoms with Gasteiger partial charge in [-0.05, 0) is 46.3 Å². The smallest absolute Gasteiger partial charge is 0.175 e. The molecule has 20 heavy (non-hydrogen) atoms. The summed E-state index contributed by atoms with van der Waals surface area (Å²) < 4.78 is 20.5. The van der Waals surface area contributed by atoms with Crippen molar-refractivity contribution in [1.82, 2.24) is 0 Å². The Labute approximate surface area is 131 Å². The number of nitrogens with zero attached hydrogens (tertiary/aromatic N) is 1. The van der Waals surface area contributed by atoms with E-state index in [-0.39, 0.29) is 17.3 Å². The van der Waals surface area contributed by atoms with E-state index in [9.17, 15) is 4.39 Å². The van der Waals surface area contributed by atoms with Crippen molar-refractivity contribution in [2.75, 3.05) is 0 Å². The molecule has 0 atom stereocenters. The van der Waals surface area contributed by atoms with Crippen molar-refractivity contribution < 1.29 is 14.3 Å². The normalized spacial score (nSPS) is 11.4. The Balaban J connectivity index is 2.46. The number of oxime groups is 1. The van der Waals surface area contributed by atoms with Gasteiger partial charge in [0.2, 0.25) is 0 Å². The van der Waals surface area contributed by atoms with Crippen molar-refractivity contribution in [3.8, 4) is 11.5 Å². The number of amidine groups is 1. The maximum Gasteiger partial charge on any atom is 0.175 e. The van der Waals surface area contributed by atoms with Crippen LogP contribution >= 0.6 is 31.9 Å². The summed E-state index contributed by atoms with van der Waals surface area (Å²) in [5.41, 5.74) is 5.95. The summed E-state index contributed by atoms with van der Waals surface area (Å²) in [7, 11) is 0. The van der Waals surface area contributed by atoms with Gasteiger partial charge in [0.1, 0.15) is 5.75 Å². The molecule has 0 spiro atoms. The lowest BCUT2D eigenvalue weighted by Crippen LogP contribution is -2.15. The summed E-state index contributed by atoms with van der Waals surface area (Å²) >= 11 is 6.45. The van der Waals surface area contributed by atoms with Crippen molar-refractivity contribution in [2.24, 2.45) is 10.9 Å². The van der Waals surface area contributed by atoms with Crippen LogP contribution in [0.15, 0.2) is 50.5 Å². The molecule has 0 fully saturated rings. The van der Waals surface area contributed by atoms with Crippen LogP contribution in [0, 0.1) is 5.82 Å². The first-order chi connectivity index (χ1) is 9.52. The fourth-order valence-corrected chi connectivity index (χ4v) is 2.45. The number of benzene rings is 2. The highest BCUT2D eigenvalue weighted by Gasteiger charge is 2.15. The summed E-state index contributed by atoms with van der Waals surface area (Å²) in [5, 5.41) is 11.7. The first-order valence-corrected chi connectivity index (χ1v) is 7.01. The number of ether oxygens (including phenoxy) is 1. The van der Waals surface area contributed by atoms with Crippen LogP contribution in [-0.4, -0.2) is 11.0 Å². The van der Waals surface area contributed by atoms with Gasteiger partial charge in [-0.15, -0.1) is 0 Å². The molecular formula is C13H9Br2FN2O2. The van der Waals surface area contributed by atoms with Crippen molar-refractivity contribution >= 4 is 37.7 Å². The van der Waals surface area contributed by atoms with Crippen LogP contribution in [0.4, 0.5) is 4.39 Å². The Morgan fingerprint density at radius 1 is 1.20 bits per heavy atom. The monoisotopic (exact) mass is 402 g/mol. The van der Waals surface area contributed by atoms with E-state index in [1.165, 1.54) is 12.1 Å². The quantitative estimate of drug-likeness (QED) is 0.348. The molecular weight excluding hydrogens is 395 g/mol. The molecule has 0 radical (unpaired) electrons. The van der Waals surface area contributed by atoms with Crippen LogP contribution in [0.5, 0.6) is 11.5 Å². The average molecular weight is 404 g/mol. The molecule has 0 saturated carbocycles. The lowest BCUT2D eigenvalue weighted by Gasteiger charge is -2.12. The molecule has 0 unspecified atom stereocenters. The number of hydrogen-bond acceptors (Lipinski definition) is 3. The molecule has 0 heterocycles. The van der Waals surface area contributed by atoms with Gasteiger partial charge in [-0.25, -0.2) is 4.39 Å². The molecule has 104 valence electrons. The number of nitrogens with two attached hydrogens (primary N) is 1. The lowest BCUT2D eigenvalue weighted by atomic mass is 10.2. The maximum atomic E-state index is 13.8. The van der Waals surface area contributed by atoms with Crippen molar-refractivity contribution in [3.05, 3.63) is 56.7 Å². The largest absolute Gasteiger partial charge is 0.453 e. The molecule has 4 nitrogen and oxygen atoms in total. The average Bonchev–Trinajstić information content (AvgIpc) is 2.41. The van der Waals surface area contributed by atoms with Crippen molar-refractivity contribution in [1.29, 1.82) is 0 Å². The van der Waals surface area contributed by atoms with Gasteiger partial charge in [0.15, 0.2) is 17.4 Å². The van der Waals surface area contributed by atoms with Crippen molar-refractivity contribution in [3.63, 3.8) is 0 Å². The highest BCUT2D eigenvalue weighted by Crippen LogP contribution is 2.32. The summed E-state index contributed by atoms with van der Waals surface area (Å²) in [4.78, 5) is 0. The van der Waals surface area contributed by atoms with E-state index >= 15 is 0 Å². The minimum Gasteiger partial charge on any atom is -0.453 e. The second-order valence-electron chi connectivity index (χ2n) is 3.78. The molecule has 0 aliphatic rings. The molecule has 2 rings (SSSR count). The lowest BCUT2D eigenvalue weighted by molar-refractivity contribution is 0.318. The van der Waals surface area contributed by atoms with Gasteiger partial charge < -0.3 is 15.7 Å². The molecule has 2 aromatic rings. The molecule has 7 heteroatoms. The zero-order valence-corrected chi connectivity index (χ0v) is 13.2. The van der Waals surface area contributed by atoms with E-state index in [4.69, 9.17) is 15.7 Å². The first-order valence-electron chi connectivity index (χ1n) is 5.42. The zero-order valence-electron chi connectivity index (χ0n) is 9.98. The maximum absolute atomic E-state index is 13.8. The third-order valence-corrected chi connectivity index (χ3v) is 3.61. The predicted molar refractivity (Wildman–Crippen MR) is 80.8 cm³/mol. The van der Waals surface area contributed by atoms with Crippen LogP contribution in [0.3, 0.4) is 0 Å². The van der Waals surface area contributed by atoms with Gasteiger partial charge in [0, 0.05) is 8.95 Å². The van der Waals surface area contributed by atoms with Crippen LogP contribution < -0.4 is 10.5 Å². The third-order valence-electron chi connectivity index (χ3n) is 2.45. The zero-order chi connectivity index (χ0) is 14.7. The summed E-state index contributed by atoms with van der Waals surface area (Å²) in [6, 6.07) is 9.43. The van der Waals surface area contributed by atoms with Crippen molar-refractivity contribution in [2.45, 2.75) is 0 Å². The predicted octanol–water partition coefficient (Wildman–Crippen LogP) is 4.24. The Bertz CT molecular complexity index is 677. The second-order valence-corrected chi connectivity index (χ2v) is 5.55. The van der Waals surface area contributed by atoms with Crippen LogP contribution in [0.25, 0.3) is 0 Å². The topological polar surface area (TPSA) is 67.8 Å². The fraction of sp³-hybridized carbons (Fsp3) is 0. The van der Waals surface area contributed by atoms with Crippen LogP contribution in [0.1, 0.15) is 5.56 Å². The SMILES string of the molecule is N/C(=N/O)c1c(Br)cccc1Oc1ccc(Br)cc1F. The fourth-order valence-electron chi connectivity index (χ4n) is 1.56. The molecule has 0 saturated heterocycles. The Kier molecular flexibility index (Phi) is 4.61. The van der Waals surface area contributed by atoms with Gasteiger partial charge in [-0.1, -0.05) is 27.2 Å². The van der Waals surface area contributed by atoms with Gasteiger partial charge in [-0.2, -0.15) is 0 Å². The molecule has 2 aromatic carbocycles. The van der Waals surface area contributed by atoms with E-state index in [0.29, 0.717) is 14.5 Å². The minimum atomic E-state index is -0.523. The van der Waals surface area contributed by atoms with Crippen LogP contribution in [0.2, 0.25) is 0 Å². The second kappa shape index (κ2) is 6.23. The molecule has 0 aliphatic carbocycles. The molecule has 3 N–H and O–H groups in total. The van der Waals surface area contributed by atoms with E-state index in [1.807, 2.05) is 0 Å². The summed E-state index contributed by atoms with van der Waals surface area (Å²) in [6.07, 6.45) is 0. The Morgan fingerprint density at radius 2 is 1.95 bits per heavy atom. The number of rotatable bonds is 3. The number of hydrogen-bond donors (Lipinski definition) is 2. The van der Waals surface area contributed by atoms with E-state index in [2.05, 4.69) is 37.0 Å². The summed E-state index contributed by atoms with van der Waals surface area (Å²) in [6.45, 7) is 0. The summed E-state index contributed by atoms with van der Waals surface area (Å²) in [5.74, 6) is -0.344. The molecule has 0 amide bonds. The standard InChI is InChI=1S/C13H9Br2FN2O2/c14-7-4-5-10(9(16)6-7)20-11-3-1-2-8(15)12(11)13(17)18-19/h1-6,19H,(H2,17,18). The van der Waals surface area contributed by atoms with E-state index < -0.39 is 5.82 Å². The Hall–Kier alpha value is -1.60. The van der Waals surface area contributed by atoms with Gasteiger partial charge in [0.25, 0.3) is 0 Å². The van der Waals surface area contributed by atoms with Crippen LogP contribution in [-0.2, 0) is 0 Å². The van der Waals surface area contributed by atoms with E-state index in [1.54, 1.807) is 24.3 Å². The highest BCUT2D eigenvalue weighted by molar-refractivity contribution is 9.10. The van der Waals surface area contributed by atoms with E-state index in [0.717, 1.165) is 0 Å². The Morgan fingerprint density at radius 3 is 2.60 bits per heavy atom. The van der Waals surface area contributed by atoms with Gasteiger partial charge in [-0.3, -0.25) is 0 Å². The first kappa shape index (κ1) is 14.8. The molecule has 0 bridgehead atoms. The third kappa shape index (κ3) is 3.10. The highest BCUT2D eigenvalue weighted by atomic mass is 79.9. The van der Waals surface area contributed by atoms with Gasteiger partial charge in [0.05, 0.1) is 5.56 Å². The number of halogens is 3.